The van der Waals surface area contributed by atoms with Crippen LogP contribution in [0.3, 0.4) is 0 Å². The number of carbonyl (C=O) groups is 1. The van der Waals surface area contributed by atoms with Gasteiger partial charge in [0.05, 0.1) is 0 Å². The molecule has 60 valence electrons. The van der Waals surface area contributed by atoms with Crippen LogP contribution in [0.5, 0.6) is 0 Å². The van der Waals surface area contributed by atoms with Crippen LogP contribution in [-0.4, -0.2) is 10.8 Å². The largest absolute Gasteiger partial charge is 0.294 e. The van der Waals surface area contributed by atoms with Crippen LogP contribution < -0.4 is 0 Å². The molecule has 3 heteroatoms. The summed E-state index contributed by atoms with van der Waals surface area (Å²) < 4.78 is 0. The average molecular weight is 172 g/mol. The van der Waals surface area contributed by atoms with E-state index in [1.54, 1.807) is 19.3 Å². The van der Waals surface area contributed by atoms with Crippen LogP contribution in [0.4, 0.5) is 0 Å². The molecular formula is C8H10ClNO. The molecule has 0 saturated carbocycles. The molecule has 1 heterocycles. The molecule has 0 aliphatic rings. The van der Waals surface area contributed by atoms with Gasteiger partial charge in [-0.1, -0.05) is 0 Å². The zero-order valence-electron chi connectivity index (χ0n) is 6.50. The van der Waals surface area contributed by atoms with E-state index in [-0.39, 0.29) is 18.2 Å². The highest BCUT2D eigenvalue weighted by atomic mass is 35.5. The normalized spacial score (nSPS) is 8.55. The van der Waals surface area contributed by atoms with Gasteiger partial charge in [-0.2, -0.15) is 0 Å². The van der Waals surface area contributed by atoms with E-state index in [9.17, 15) is 4.79 Å². The van der Waals surface area contributed by atoms with Crippen molar-refractivity contribution in [1.29, 1.82) is 0 Å². The molecule has 0 aliphatic heterocycles. The van der Waals surface area contributed by atoms with Crippen LogP contribution in [0, 0.1) is 6.92 Å². The first kappa shape index (κ1) is 10.1. The zero-order valence-corrected chi connectivity index (χ0v) is 7.31. The maximum atomic E-state index is 10.8. The van der Waals surface area contributed by atoms with E-state index in [2.05, 4.69) is 4.98 Å². The molecule has 0 aromatic carbocycles. The van der Waals surface area contributed by atoms with Gasteiger partial charge in [-0.05, 0) is 25.5 Å². The fourth-order valence-corrected chi connectivity index (χ4v) is 0.833. The van der Waals surface area contributed by atoms with Crippen molar-refractivity contribution in [3.63, 3.8) is 0 Å². The molecule has 1 aromatic rings. The molecule has 11 heavy (non-hydrogen) atoms. The predicted molar refractivity (Wildman–Crippen MR) is 46.2 cm³/mol. The first-order valence-corrected chi connectivity index (χ1v) is 3.13. The minimum atomic E-state index is 0. The van der Waals surface area contributed by atoms with Crippen LogP contribution in [0.1, 0.15) is 22.8 Å². The maximum Gasteiger partial charge on any atom is 0.161 e. The summed E-state index contributed by atoms with van der Waals surface area (Å²) >= 11 is 0. The summed E-state index contributed by atoms with van der Waals surface area (Å²) in [5.74, 6) is 0.0746. The summed E-state index contributed by atoms with van der Waals surface area (Å²) in [6.07, 6.45) is 3.28. The minimum Gasteiger partial charge on any atom is -0.294 e. The lowest BCUT2D eigenvalue weighted by molar-refractivity contribution is 0.101. The lowest BCUT2D eigenvalue weighted by atomic mass is 10.1. The summed E-state index contributed by atoms with van der Waals surface area (Å²) in [6, 6.07) is 1.83. The molecule has 0 N–H and O–H groups in total. The number of halogens is 1. The maximum absolute atomic E-state index is 10.8. The number of hydrogen-bond donors (Lipinski definition) is 0. The Kier molecular flexibility index (Phi) is 3.76. The van der Waals surface area contributed by atoms with Crippen LogP contribution >= 0.6 is 12.4 Å². The van der Waals surface area contributed by atoms with Gasteiger partial charge in [0, 0.05) is 18.0 Å². The van der Waals surface area contributed by atoms with Crippen molar-refractivity contribution in [1.82, 2.24) is 4.98 Å². The van der Waals surface area contributed by atoms with E-state index in [0.29, 0.717) is 5.56 Å². The number of carbonyl (C=O) groups excluding carboxylic acids is 1. The van der Waals surface area contributed by atoms with E-state index < -0.39 is 0 Å². The Morgan fingerprint density at radius 3 is 2.55 bits per heavy atom. The van der Waals surface area contributed by atoms with Crippen LogP contribution in [0.2, 0.25) is 0 Å². The lowest BCUT2D eigenvalue weighted by Gasteiger charge is -1.96. The third-order valence-corrected chi connectivity index (χ3v) is 1.42. The Hall–Kier alpha value is -0.890. The molecule has 1 aromatic heterocycles. The van der Waals surface area contributed by atoms with Crippen LogP contribution in [0.15, 0.2) is 18.5 Å². The van der Waals surface area contributed by atoms with Gasteiger partial charge in [-0.25, -0.2) is 0 Å². The van der Waals surface area contributed by atoms with Crippen molar-refractivity contribution in [2.45, 2.75) is 13.8 Å². The second kappa shape index (κ2) is 4.09. The number of hydrogen-bond acceptors (Lipinski definition) is 2. The highest BCUT2D eigenvalue weighted by Gasteiger charge is 2.00. The van der Waals surface area contributed by atoms with Gasteiger partial charge in [0.25, 0.3) is 0 Å². The van der Waals surface area contributed by atoms with E-state index in [1.165, 1.54) is 0 Å². The summed E-state index contributed by atoms with van der Waals surface area (Å²) in [4.78, 5) is 14.7. The first-order chi connectivity index (χ1) is 4.72. The number of rotatable bonds is 1. The monoisotopic (exact) mass is 171 g/mol. The fourth-order valence-electron chi connectivity index (χ4n) is 0.833. The molecular weight excluding hydrogens is 162 g/mol. The molecule has 0 radical (unpaired) electrons. The van der Waals surface area contributed by atoms with Gasteiger partial charge in [-0.15, -0.1) is 12.4 Å². The van der Waals surface area contributed by atoms with E-state index >= 15 is 0 Å². The van der Waals surface area contributed by atoms with Gasteiger partial charge < -0.3 is 0 Å². The highest BCUT2D eigenvalue weighted by molar-refractivity contribution is 5.95. The van der Waals surface area contributed by atoms with Gasteiger partial charge in [0.1, 0.15) is 0 Å². The molecule has 0 spiro atoms. The Morgan fingerprint density at radius 1 is 1.55 bits per heavy atom. The number of nitrogens with zero attached hydrogens (tertiary/aromatic N) is 1. The molecule has 0 fully saturated rings. The molecule has 0 aliphatic carbocycles. The van der Waals surface area contributed by atoms with Crippen molar-refractivity contribution < 1.29 is 4.79 Å². The Bertz CT molecular complexity index is 260. The highest BCUT2D eigenvalue weighted by Crippen LogP contribution is 2.04. The Morgan fingerprint density at radius 2 is 2.18 bits per heavy atom. The fraction of sp³-hybridized carbons (Fsp3) is 0.250. The summed E-state index contributed by atoms with van der Waals surface area (Å²) in [5.41, 5.74) is 1.70. The van der Waals surface area contributed by atoms with Crippen LogP contribution in [0.25, 0.3) is 0 Å². The molecule has 0 saturated heterocycles. The summed E-state index contributed by atoms with van der Waals surface area (Å²) in [7, 11) is 0. The summed E-state index contributed by atoms with van der Waals surface area (Å²) in [5, 5.41) is 0. The van der Waals surface area contributed by atoms with E-state index in [0.717, 1.165) is 5.56 Å². The van der Waals surface area contributed by atoms with Crippen molar-refractivity contribution >= 4 is 18.2 Å². The van der Waals surface area contributed by atoms with Gasteiger partial charge in [0.2, 0.25) is 0 Å². The molecule has 1 rings (SSSR count). The van der Waals surface area contributed by atoms with Gasteiger partial charge >= 0.3 is 0 Å². The number of pyridine rings is 1. The Labute approximate surface area is 72.1 Å². The van der Waals surface area contributed by atoms with Crippen molar-refractivity contribution in [3.05, 3.63) is 29.6 Å². The van der Waals surface area contributed by atoms with E-state index in [4.69, 9.17) is 0 Å². The third-order valence-electron chi connectivity index (χ3n) is 1.42. The van der Waals surface area contributed by atoms with Crippen molar-refractivity contribution in [2.24, 2.45) is 0 Å². The predicted octanol–water partition coefficient (Wildman–Crippen LogP) is 2.01. The molecule has 0 amide bonds. The quantitative estimate of drug-likeness (QED) is 0.606. The molecule has 0 unspecified atom stereocenters. The Balaban J connectivity index is 0.000001000. The standard InChI is InChI=1S/C8H9NO.ClH/c1-6-3-4-9-5-8(6)7(2)10;/h3-5H,1-2H3;1H. The van der Waals surface area contributed by atoms with Gasteiger partial charge in [0.15, 0.2) is 5.78 Å². The van der Waals surface area contributed by atoms with Crippen molar-refractivity contribution in [3.8, 4) is 0 Å². The van der Waals surface area contributed by atoms with Crippen LogP contribution in [-0.2, 0) is 0 Å². The van der Waals surface area contributed by atoms with Crippen molar-refractivity contribution in [2.75, 3.05) is 0 Å². The second-order valence-electron chi connectivity index (χ2n) is 2.25. The SMILES string of the molecule is CC(=O)c1cnccc1C.Cl. The first-order valence-electron chi connectivity index (χ1n) is 3.13. The molecule has 0 atom stereocenters. The smallest absolute Gasteiger partial charge is 0.161 e. The lowest BCUT2D eigenvalue weighted by Crippen LogP contribution is -1.95. The summed E-state index contributed by atoms with van der Waals surface area (Å²) in [6.45, 7) is 3.45. The number of aromatic nitrogens is 1. The average Bonchev–Trinajstić information content (AvgIpc) is 1.88. The third kappa shape index (κ3) is 2.31. The number of Topliss-reactive ketones (excluding diaryl/α,β-unsaturated/α-hetero) is 1. The number of aryl methyl sites for hydroxylation is 1. The van der Waals surface area contributed by atoms with Gasteiger partial charge in [-0.3, -0.25) is 9.78 Å². The van der Waals surface area contributed by atoms with E-state index in [1.807, 2.05) is 13.0 Å². The molecule has 2 nitrogen and oxygen atoms in total. The second-order valence-corrected chi connectivity index (χ2v) is 2.25. The number of ketones is 1. The topological polar surface area (TPSA) is 30.0 Å². The molecule has 0 bridgehead atoms. The zero-order chi connectivity index (χ0) is 7.56. The minimum absolute atomic E-state index is 0.